The molecule has 0 radical (unpaired) electrons. The van der Waals surface area contributed by atoms with Crippen LogP contribution in [0, 0.1) is 0 Å². The molecule has 1 aliphatic rings. The highest BCUT2D eigenvalue weighted by molar-refractivity contribution is 7.89. The number of nitrogens with zero attached hydrogens (tertiary/aromatic N) is 2. The van der Waals surface area contributed by atoms with E-state index in [4.69, 9.17) is 4.74 Å². The van der Waals surface area contributed by atoms with E-state index in [2.05, 4.69) is 24.8 Å². The molecule has 1 atom stereocenters. The van der Waals surface area contributed by atoms with E-state index in [9.17, 15) is 8.42 Å². The number of piperazine rings is 1. The third-order valence-corrected chi connectivity index (χ3v) is 7.48. The van der Waals surface area contributed by atoms with Gasteiger partial charge in [0.1, 0.15) is 5.75 Å². The third-order valence-electron chi connectivity index (χ3n) is 5.57. The highest BCUT2D eigenvalue weighted by Gasteiger charge is 2.28. The Labute approximate surface area is 169 Å². The molecular formula is C22H30N2O3S. The Balaban J connectivity index is 1.61. The minimum atomic E-state index is -3.43. The first-order valence-corrected chi connectivity index (χ1v) is 11.3. The summed E-state index contributed by atoms with van der Waals surface area (Å²) in [6.07, 6.45) is 1.04. The molecule has 2 aromatic carbocycles. The molecule has 0 N–H and O–H groups in total. The van der Waals surface area contributed by atoms with E-state index in [0.29, 0.717) is 23.9 Å². The van der Waals surface area contributed by atoms with Gasteiger partial charge in [0.05, 0.1) is 12.0 Å². The molecule has 0 spiro atoms. The van der Waals surface area contributed by atoms with Gasteiger partial charge in [-0.2, -0.15) is 4.31 Å². The van der Waals surface area contributed by atoms with Crippen LogP contribution in [0.3, 0.4) is 0 Å². The molecule has 3 rings (SSSR count). The Morgan fingerprint density at radius 1 is 1.04 bits per heavy atom. The number of sulfonamides is 1. The first-order valence-electron chi connectivity index (χ1n) is 9.89. The van der Waals surface area contributed by atoms with Gasteiger partial charge in [0.2, 0.25) is 10.0 Å². The van der Waals surface area contributed by atoms with Gasteiger partial charge in [0.15, 0.2) is 0 Å². The third kappa shape index (κ3) is 4.74. The van der Waals surface area contributed by atoms with E-state index in [1.165, 1.54) is 11.1 Å². The predicted molar refractivity (Wildman–Crippen MR) is 112 cm³/mol. The van der Waals surface area contributed by atoms with Crippen molar-refractivity contribution < 1.29 is 13.2 Å². The SMILES string of the molecule is CCC(C)c1ccc(S(=O)(=O)N2CCN(Cc3cccc(OC)c3)CC2)cc1. The van der Waals surface area contributed by atoms with E-state index in [-0.39, 0.29) is 0 Å². The van der Waals surface area contributed by atoms with E-state index >= 15 is 0 Å². The normalized spacial score (nSPS) is 17.4. The van der Waals surface area contributed by atoms with Crippen LogP contribution in [0.2, 0.25) is 0 Å². The Hall–Kier alpha value is -1.89. The largest absolute Gasteiger partial charge is 0.497 e. The van der Waals surface area contributed by atoms with Crippen molar-refractivity contribution in [3.05, 3.63) is 59.7 Å². The average molecular weight is 403 g/mol. The second kappa shape index (κ2) is 9.07. The van der Waals surface area contributed by atoms with Gasteiger partial charge in [0, 0.05) is 32.7 Å². The van der Waals surface area contributed by atoms with Crippen LogP contribution < -0.4 is 4.74 Å². The highest BCUT2D eigenvalue weighted by atomic mass is 32.2. The van der Waals surface area contributed by atoms with E-state index in [1.807, 2.05) is 30.3 Å². The summed E-state index contributed by atoms with van der Waals surface area (Å²) in [7, 11) is -1.77. The smallest absolute Gasteiger partial charge is 0.243 e. The molecule has 6 heteroatoms. The van der Waals surface area contributed by atoms with Gasteiger partial charge in [-0.15, -0.1) is 0 Å². The lowest BCUT2D eigenvalue weighted by Crippen LogP contribution is -2.48. The monoisotopic (exact) mass is 402 g/mol. The van der Waals surface area contributed by atoms with Crippen molar-refractivity contribution in [3.8, 4) is 5.75 Å². The fourth-order valence-corrected chi connectivity index (χ4v) is 4.93. The number of hydrogen-bond acceptors (Lipinski definition) is 4. The summed E-state index contributed by atoms with van der Waals surface area (Å²) in [4.78, 5) is 2.67. The number of rotatable bonds is 7. The van der Waals surface area contributed by atoms with Crippen LogP contribution in [0.15, 0.2) is 53.4 Å². The van der Waals surface area contributed by atoms with Gasteiger partial charge in [-0.1, -0.05) is 38.1 Å². The van der Waals surface area contributed by atoms with Crippen LogP contribution in [0.5, 0.6) is 5.75 Å². The number of benzene rings is 2. The Bertz CT molecular complexity index is 873. The van der Waals surface area contributed by atoms with Crippen molar-refractivity contribution in [1.29, 1.82) is 0 Å². The molecule has 1 heterocycles. The molecular weight excluding hydrogens is 372 g/mol. The molecule has 1 unspecified atom stereocenters. The van der Waals surface area contributed by atoms with Crippen LogP contribution in [-0.4, -0.2) is 50.9 Å². The number of methoxy groups -OCH3 is 1. The predicted octanol–water partition coefficient (Wildman–Crippen LogP) is 3.72. The molecule has 1 saturated heterocycles. The summed E-state index contributed by atoms with van der Waals surface area (Å²) in [5.41, 5.74) is 2.36. The fraction of sp³-hybridized carbons (Fsp3) is 0.455. The van der Waals surface area contributed by atoms with Crippen LogP contribution in [0.25, 0.3) is 0 Å². The van der Waals surface area contributed by atoms with Crippen LogP contribution in [0.4, 0.5) is 0 Å². The van der Waals surface area contributed by atoms with Gasteiger partial charge in [-0.05, 0) is 47.7 Å². The maximum absolute atomic E-state index is 13.0. The minimum Gasteiger partial charge on any atom is -0.497 e. The van der Waals surface area contributed by atoms with Gasteiger partial charge < -0.3 is 4.74 Å². The van der Waals surface area contributed by atoms with Crippen molar-refractivity contribution in [1.82, 2.24) is 9.21 Å². The quantitative estimate of drug-likeness (QED) is 0.708. The van der Waals surface area contributed by atoms with Gasteiger partial charge in [0.25, 0.3) is 0 Å². The summed E-state index contributed by atoms with van der Waals surface area (Å²) >= 11 is 0. The van der Waals surface area contributed by atoms with Crippen LogP contribution >= 0.6 is 0 Å². The zero-order chi connectivity index (χ0) is 20.1. The summed E-state index contributed by atoms with van der Waals surface area (Å²) in [5.74, 6) is 1.29. The maximum Gasteiger partial charge on any atom is 0.243 e. The van der Waals surface area contributed by atoms with Gasteiger partial charge in [-0.3, -0.25) is 4.90 Å². The van der Waals surface area contributed by atoms with Gasteiger partial charge in [-0.25, -0.2) is 8.42 Å². The van der Waals surface area contributed by atoms with Crippen molar-refractivity contribution in [2.45, 2.75) is 37.6 Å². The first kappa shape index (κ1) is 20.8. The molecule has 1 fully saturated rings. The summed E-state index contributed by atoms with van der Waals surface area (Å²) in [6, 6.07) is 15.4. The fourth-order valence-electron chi connectivity index (χ4n) is 3.51. The Morgan fingerprint density at radius 3 is 2.32 bits per heavy atom. The zero-order valence-electron chi connectivity index (χ0n) is 17.0. The molecule has 28 heavy (non-hydrogen) atoms. The van der Waals surface area contributed by atoms with Gasteiger partial charge >= 0.3 is 0 Å². The molecule has 152 valence electrons. The molecule has 0 bridgehead atoms. The second-order valence-corrected chi connectivity index (χ2v) is 9.35. The van der Waals surface area contributed by atoms with E-state index < -0.39 is 10.0 Å². The topological polar surface area (TPSA) is 49.9 Å². The molecule has 2 aromatic rings. The van der Waals surface area contributed by atoms with Crippen molar-refractivity contribution in [2.75, 3.05) is 33.3 Å². The molecule has 1 aliphatic heterocycles. The average Bonchev–Trinajstić information content (AvgIpc) is 2.74. The van der Waals surface area contributed by atoms with Crippen LogP contribution in [0.1, 0.15) is 37.3 Å². The summed E-state index contributed by atoms with van der Waals surface area (Å²) < 4.78 is 32.8. The maximum atomic E-state index is 13.0. The zero-order valence-corrected chi connectivity index (χ0v) is 17.8. The lowest BCUT2D eigenvalue weighted by Gasteiger charge is -2.34. The van der Waals surface area contributed by atoms with Crippen molar-refractivity contribution >= 4 is 10.0 Å². The molecule has 0 aromatic heterocycles. The molecule has 0 amide bonds. The number of hydrogen-bond donors (Lipinski definition) is 0. The minimum absolute atomic E-state index is 0.390. The molecule has 0 aliphatic carbocycles. The Morgan fingerprint density at radius 2 is 1.71 bits per heavy atom. The highest BCUT2D eigenvalue weighted by Crippen LogP contribution is 2.23. The van der Waals surface area contributed by atoms with E-state index in [1.54, 1.807) is 23.5 Å². The molecule has 5 nitrogen and oxygen atoms in total. The standard InChI is InChI=1S/C22H30N2O3S/c1-4-18(2)20-8-10-22(11-9-20)28(25,26)24-14-12-23(13-15-24)17-19-6-5-7-21(16-19)27-3/h5-11,16,18H,4,12-15,17H2,1-3H3. The lowest BCUT2D eigenvalue weighted by molar-refractivity contribution is 0.181. The lowest BCUT2D eigenvalue weighted by atomic mass is 9.99. The molecule has 0 saturated carbocycles. The van der Waals surface area contributed by atoms with Crippen molar-refractivity contribution in [3.63, 3.8) is 0 Å². The first-order chi connectivity index (χ1) is 13.4. The second-order valence-electron chi connectivity index (χ2n) is 7.41. The summed E-state index contributed by atoms with van der Waals surface area (Å²) in [6.45, 7) is 7.57. The Kier molecular flexibility index (Phi) is 6.75. The van der Waals surface area contributed by atoms with Crippen LogP contribution in [-0.2, 0) is 16.6 Å². The number of ether oxygens (including phenoxy) is 1. The van der Waals surface area contributed by atoms with Crippen molar-refractivity contribution in [2.24, 2.45) is 0 Å². The van der Waals surface area contributed by atoms with E-state index in [0.717, 1.165) is 31.8 Å². The summed E-state index contributed by atoms with van der Waals surface area (Å²) in [5, 5.41) is 0.